The van der Waals surface area contributed by atoms with E-state index in [1.165, 1.54) is 19.5 Å². The summed E-state index contributed by atoms with van der Waals surface area (Å²) in [4.78, 5) is 22.1. The van der Waals surface area contributed by atoms with Crippen LogP contribution < -0.4 is 0 Å². The Hall–Kier alpha value is -1.78. The van der Waals surface area contributed by atoms with Gasteiger partial charge in [0.15, 0.2) is 0 Å². The topological polar surface area (TPSA) is 65.7 Å². The van der Waals surface area contributed by atoms with Gasteiger partial charge in [0.1, 0.15) is 12.2 Å². The van der Waals surface area contributed by atoms with Crippen LogP contribution in [0, 0.1) is 0 Å². The van der Waals surface area contributed by atoms with Crippen LogP contribution in [0.1, 0.15) is 31.4 Å². The van der Waals surface area contributed by atoms with Gasteiger partial charge in [0.2, 0.25) is 0 Å². The zero-order chi connectivity index (χ0) is 11.5. The number of rotatable bonds is 2. The third-order valence-corrected chi connectivity index (χ3v) is 2.39. The van der Waals surface area contributed by atoms with Crippen LogP contribution in [0.3, 0.4) is 0 Å². The number of carbonyl (C=O) groups excluding carboxylic acids is 2. The van der Waals surface area contributed by atoms with Crippen molar-refractivity contribution in [3.8, 4) is 0 Å². The van der Waals surface area contributed by atoms with E-state index in [1.54, 1.807) is 6.07 Å². The van der Waals surface area contributed by atoms with Gasteiger partial charge in [-0.1, -0.05) is 0 Å². The molecule has 86 valence electrons. The Morgan fingerprint density at radius 2 is 2.38 bits per heavy atom. The molecule has 0 N–H and O–H groups in total. The summed E-state index contributed by atoms with van der Waals surface area (Å²) in [6.45, 7) is 1.33. The van der Waals surface area contributed by atoms with Crippen LogP contribution in [0.25, 0.3) is 0 Å². The maximum Gasteiger partial charge on any atom is 0.310 e. The molecule has 0 bridgehead atoms. The second-order valence-electron chi connectivity index (χ2n) is 3.71. The van der Waals surface area contributed by atoms with E-state index >= 15 is 0 Å². The summed E-state index contributed by atoms with van der Waals surface area (Å²) in [5, 5.41) is 0. The lowest BCUT2D eigenvalue weighted by atomic mass is 10.0. The quantitative estimate of drug-likeness (QED) is 0.713. The molecule has 0 aromatic carbocycles. The summed E-state index contributed by atoms with van der Waals surface area (Å²) in [6, 6.07) is 1.73. The van der Waals surface area contributed by atoms with Crippen LogP contribution in [0.5, 0.6) is 0 Å². The summed E-state index contributed by atoms with van der Waals surface area (Å²) in [5.74, 6) is -0.741. The normalized spacial score (nSPS) is 24.9. The molecule has 2 rings (SSSR count). The first-order valence-electron chi connectivity index (χ1n) is 5.04. The summed E-state index contributed by atoms with van der Waals surface area (Å²) >= 11 is 0. The summed E-state index contributed by atoms with van der Waals surface area (Å²) < 4.78 is 15.1. The Morgan fingerprint density at radius 3 is 3.00 bits per heavy atom. The second kappa shape index (κ2) is 4.38. The minimum absolute atomic E-state index is 0.119. The van der Waals surface area contributed by atoms with Crippen molar-refractivity contribution in [2.24, 2.45) is 0 Å². The van der Waals surface area contributed by atoms with Gasteiger partial charge in [0.25, 0.3) is 0 Å². The molecule has 0 amide bonds. The van der Waals surface area contributed by atoms with Crippen molar-refractivity contribution in [1.29, 1.82) is 0 Å². The predicted octanol–water partition coefficient (Wildman–Crippen LogP) is 1.59. The van der Waals surface area contributed by atoms with E-state index in [1.807, 2.05) is 0 Å². The first-order chi connectivity index (χ1) is 7.65. The highest BCUT2D eigenvalue weighted by Gasteiger charge is 2.31. The highest BCUT2D eigenvalue weighted by atomic mass is 16.6. The second-order valence-corrected chi connectivity index (χ2v) is 3.71. The molecule has 5 heteroatoms. The van der Waals surface area contributed by atoms with Crippen molar-refractivity contribution in [2.75, 3.05) is 0 Å². The van der Waals surface area contributed by atoms with Crippen molar-refractivity contribution in [3.63, 3.8) is 0 Å². The lowest BCUT2D eigenvalue weighted by Gasteiger charge is -2.27. The van der Waals surface area contributed by atoms with Crippen molar-refractivity contribution in [2.45, 2.75) is 32.0 Å². The largest absolute Gasteiger partial charge is 0.472 e. The lowest BCUT2D eigenvalue weighted by Crippen LogP contribution is -2.30. The molecule has 2 atom stereocenters. The maximum atomic E-state index is 11.3. The molecule has 1 aliphatic heterocycles. The zero-order valence-corrected chi connectivity index (χ0v) is 8.84. The smallest absolute Gasteiger partial charge is 0.310 e. The van der Waals surface area contributed by atoms with Gasteiger partial charge in [-0.15, -0.1) is 0 Å². The molecule has 5 nitrogen and oxygen atoms in total. The van der Waals surface area contributed by atoms with Crippen molar-refractivity contribution in [1.82, 2.24) is 0 Å². The summed E-state index contributed by atoms with van der Waals surface area (Å²) in [5.41, 5.74) is 0.783. The molecule has 0 radical (unpaired) electrons. The predicted molar refractivity (Wildman–Crippen MR) is 52.3 cm³/mol. The molecule has 1 fully saturated rings. The van der Waals surface area contributed by atoms with E-state index in [-0.39, 0.29) is 24.5 Å². The van der Waals surface area contributed by atoms with E-state index in [9.17, 15) is 9.59 Å². The van der Waals surface area contributed by atoms with Gasteiger partial charge in [-0.2, -0.15) is 0 Å². The molecule has 1 aromatic heterocycles. The molecular weight excluding hydrogens is 212 g/mol. The van der Waals surface area contributed by atoms with Gasteiger partial charge in [-0.3, -0.25) is 9.59 Å². The molecule has 0 unspecified atom stereocenters. The number of hydrogen-bond donors (Lipinski definition) is 0. The van der Waals surface area contributed by atoms with Crippen molar-refractivity contribution >= 4 is 11.9 Å². The number of cyclic esters (lactones) is 1. The fourth-order valence-corrected chi connectivity index (χ4v) is 1.75. The molecule has 2 heterocycles. The van der Waals surface area contributed by atoms with Crippen molar-refractivity contribution < 1.29 is 23.5 Å². The summed E-state index contributed by atoms with van der Waals surface area (Å²) in [6.07, 6.45) is 2.84. The number of esters is 2. The minimum Gasteiger partial charge on any atom is -0.472 e. The molecule has 0 aliphatic carbocycles. The lowest BCUT2D eigenvalue weighted by molar-refractivity contribution is -0.168. The van der Waals surface area contributed by atoms with E-state index in [2.05, 4.69) is 0 Å². The molecular formula is C11H12O5. The third-order valence-electron chi connectivity index (χ3n) is 2.39. The number of furan rings is 1. The van der Waals surface area contributed by atoms with Crippen LogP contribution in [0.15, 0.2) is 23.0 Å². The number of ether oxygens (including phenoxy) is 2. The van der Waals surface area contributed by atoms with E-state index in [4.69, 9.17) is 13.9 Å². The molecule has 0 spiro atoms. The van der Waals surface area contributed by atoms with E-state index < -0.39 is 6.10 Å². The van der Waals surface area contributed by atoms with Gasteiger partial charge in [0, 0.05) is 18.9 Å². The first kappa shape index (κ1) is 10.7. The molecule has 1 aliphatic rings. The maximum absolute atomic E-state index is 11.3. The highest BCUT2D eigenvalue weighted by molar-refractivity contribution is 5.72. The Morgan fingerprint density at radius 1 is 1.56 bits per heavy atom. The molecule has 1 aromatic rings. The van der Waals surface area contributed by atoms with Crippen LogP contribution in [0.4, 0.5) is 0 Å². The first-order valence-corrected chi connectivity index (χ1v) is 5.04. The number of carbonyl (C=O) groups is 2. The van der Waals surface area contributed by atoms with Crippen LogP contribution in [-0.4, -0.2) is 18.0 Å². The van der Waals surface area contributed by atoms with E-state index in [0.717, 1.165) is 5.56 Å². The van der Waals surface area contributed by atoms with Gasteiger partial charge in [-0.25, -0.2) is 0 Å². The highest BCUT2D eigenvalue weighted by Crippen LogP contribution is 2.30. The van der Waals surface area contributed by atoms with Gasteiger partial charge in [-0.05, 0) is 6.07 Å². The average molecular weight is 224 g/mol. The zero-order valence-electron chi connectivity index (χ0n) is 8.84. The Labute approximate surface area is 92.3 Å². The Kier molecular flexibility index (Phi) is 2.94. The fraction of sp³-hybridized carbons (Fsp3) is 0.455. The Balaban J connectivity index is 2.05. The minimum atomic E-state index is -0.404. The monoisotopic (exact) mass is 224 g/mol. The van der Waals surface area contributed by atoms with Crippen molar-refractivity contribution in [3.05, 3.63) is 24.2 Å². The fourth-order valence-electron chi connectivity index (χ4n) is 1.75. The standard InChI is InChI=1S/C11H12O5/c1-7(12)15-9-4-10(16-11(13)5-9)8-2-3-14-6-8/h2-3,6,9-10H,4-5H2,1H3/t9-,10+/m1/s1. The SMILES string of the molecule is CC(=O)O[C@H]1CC(=O)O[C@H](c2ccoc2)C1. The van der Waals surface area contributed by atoms with Crippen LogP contribution in [-0.2, 0) is 19.1 Å². The van der Waals surface area contributed by atoms with Crippen LogP contribution >= 0.6 is 0 Å². The van der Waals surface area contributed by atoms with Gasteiger partial charge < -0.3 is 13.9 Å². The number of hydrogen-bond acceptors (Lipinski definition) is 5. The molecule has 1 saturated heterocycles. The Bertz CT molecular complexity index is 379. The third kappa shape index (κ3) is 2.42. The molecule has 0 saturated carbocycles. The van der Waals surface area contributed by atoms with Crippen LogP contribution in [0.2, 0.25) is 0 Å². The average Bonchev–Trinajstić information content (AvgIpc) is 2.67. The van der Waals surface area contributed by atoms with E-state index in [0.29, 0.717) is 6.42 Å². The van der Waals surface area contributed by atoms with Gasteiger partial charge in [0.05, 0.1) is 18.9 Å². The van der Waals surface area contributed by atoms with Gasteiger partial charge >= 0.3 is 11.9 Å². The summed E-state index contributed by atoms with van der Waals surface area (Å²) in [7, 11) is 0. The molecule has 16 heavy (non-hydrogen) atoms.